The summed E-state index contributed by atoms with van der Waals surface area (Å²) < 4.78 is 36.7. The van der Waals surface area contributed by atoms with Crippen LogP contribution in [-0.4, -0.2) is 51.2 Å². The van der Waals surface area contributed by atoms with Crippen LogP contribution in [0.2, 0.25) is 0 Å². The summed E-state index contributed by atoms with van der Waals surface area (Å²) in [5.41, 5.74) is 3.04. The van der Waals surface area contributed by atoms with Gasteiger partial charge < -0.3 is 14.4 Å². The summed E-state index contributed by atoms with van der Waals surface area (Å²) in [5, 5.41) is 9.54. The summed E-state index contributed by atoms with van der Waals surface area (Å²) in [6.45, 7) is 7.67. The van der Waals surface area contributed by atoms with E-state index in [-0.39, 0.29) is 16.6 Å². The fraction of sp³-hybridized carbons (Fsp3) is 0.348. The number of benzene rings is 2. The molecule has 2 aromatic rings. The van der Waals surface area contributed by atoms with Crippen LogP contribution < -0.4 is 9.47 Å². The van der Waals surface area contributed by atoms with E-state index in [0.717, 1.165) is 47.8 Å². The molecule has 0 amide bonds. The van der Waals surface area contributed by atoms with E-state index in [1.54, 1.807) is 18.2 Å². The average Bonchev–Trinajstić information content (AvgIpc) is 3.22. The Morgan fingerprint density at radius 2 is 1.77 bits per heavy atom. The molecule has 0 aliphatic carbocycles. The van der Waals surface area contributed by atoms with E-state index in [9.17, 15) is 13.7 Å². The van der Waals surface area contributed by atoms with Gasteiger partial charge in [-0.3, -0.25) is 4.90 Å². The summed E-state index contributed by atoms with van der Waals surface area (Å²) in [7, 11) is -3.84. The van der Waals surface area contributed by atoms with Crippen molar-refractivity contribution in [3.63, 3.8) is 0 Å². The minimum absolute atomic E-state index is 0.157. The first kappa shape index (κ1) is 21.2. The molecule has 0 spiro atoms. The van der Waals surface area contributed by atoms with E-state index >= 15 is 0 Å². The van der Waals surface area contributed by atoms with Crippen molar-refractivity contribution in [2.24, 2.45) is 0 Å². The lowest BCUT2D eigenvalue weighted by Gasteiger charge is -2.34. The Hall–Kier alpha value is -3.02. The first-order chi connectivity index (χ1) is 14.9. The second-order valence-corrected chi connectivity index (χ2v) is 9.77. The summed E-state index contributed by atoms with van der Waals surface area (Å²) >= 11 is 0. The summed E-state index contributed by atoms with van der Waals surface area (Å²) in [6, 6.07) is 12.8. The largest absolute Gasteiger partial charge is 0.454 e. The SMILES string of the molecule is Cc1ccc(S(=O)(=O)/C(C#N)=C/N2CCN(Cc3ccc4c(c3)OCO4)CC2)cc1C. The van der Waals surface area contributed by atoms with Gasteiger partial charge in [0.15, 0.2) is 16.4 Å². The quantitative estimate of drug-likeness (QED) is 0.663. The predicted molar refractivity (Wildman–Crippen MR) is 116 cm³/mol. The maximum absolute atomic E-state index is 12.9. The highest BCUT2D eigenvalue weighted by Crippen LogP contribution is 2.33. The van der Waals surface area contributed by atoms with Crippen LogP contribution in [0.25, 0.3) is 0 Å². The number of hydrogen-bond acceptors (Lipinski definition) is 7. The molecule has 0 N–H and O–H groups in total. The fourth-order valence-corrected chi connectivity index (χ4v) is 4.92. The van der Waals surface area contributed by atoms with Crippen LogP contribution in [-0.2, 0) is 16.4 Å². The van der Waals surface area contributed by atoms with Crippen molar-refractivity contribution < 1.29 is 17.9 Å². The molecule has 1 fully saturated rings. The van der Waals surface area contributed by atoms with Gasteiger partial charge in [0.2, 0.25) is 16.6 Å². The molecule has 0 bridgehead atoms. The van der Waals surface area contributed by atoms with Gasteiger partial charge in [0.1, 0.15) is 6.07 Å². The molecular weight excluding hydrogens is 414 g/mol. The van der Waals surface area contributed by atoms with Gasteiger partial charge >= 0.3 is 0 Å². The van der Waals surface area contributed by atoms with Crippen LogP contribution >= 0.6 is 0 Å². The van der Waals surface area contributed by atoms with Crippen LogP contribution in [0.1, 0.15) is 16.7 Å². The number of nitrogens with zero attached hydrogens (tertiary/aromatic N) is 3. The highest BCUT2D eigenvalue weighted by atomic mass is 32.2. The maximum atomic E-state index is 12.9. The molecule has 2 aliphatic rings. The van der Waals surface area contributed by atoms with Crippen LogP contribution in [0, 0.1) is 25.2 Å². The Kier molecular flexibility index (Phi) is 5.90. The summed E-state index contributed by atoms with van der Waals surface area (Å²) in [6.07, 6.45) is 1.49. The number of ether oxygens (including phenoxy) is 2. The lowest BCUT2D eigenvalue weighted by molar-refractivity contribution is 0.161. The standard InChI is InChI=1S/C23H25N3O4S/c1-17-3-5-20(11-18(17)2)31(27,28)21(13-24)15-26-9-7-25(8-10-26)14-19-4-6-22-23(12-19)30-16-29-22/h3-6,11-12,15H,7-10,14,16H2,1-2H3/b21-15+. The van der Waals surface area contributed by atoms with Crippen molar-refractivity contribution in [3.8, 4) is 17.6 Å². The molecule has 4 rings (SSSR count). The zero-order valence-corrected chi connectivity index (χ0v) is 18.5. The van der Waals surface area contributed by atoms with E-state index in [0.29, 0.717) is 13.1 Å². The number of hydrogen-bond donors (Lipinski definition) is 0. The van der Waals surface area contributed by atoms with Gasteiger partial charge in [-0.05, 0) is 54.8 Å². The Morgan fingerprint density at radius 1 is 1.03 bits per heavy atom. The zero-order valence-electron chi connectivity index (χ0n) is 17.7. The minimum atomic E-state index is -3.84. The third-order valence-electron chi connectivity index (χ3n) is 5.74. The van der Waals surface area contributed by atoms with Gasteiger partial charge in [-0.15, -0.1) is 0 Å². The Bertz CT molecular complexity index is 1160. The van der Waals surface area contributed by atoms with Crippen LogP contribution in [0.4, 0.5) is 0 Å². The number of rotatable bonds is 5. The molecular formula is C23H25N3O4S. The monoisotopic (exact) mass is 439 g/mol. The van der Waals surface area contributed by atoms with Crippen molar-refractivity contribution >= 4 is 9.84 Å². The Labute approximate surface area is 183 Å². The van der Waals surface area contributed by atoms with Crippen molar-refractivity contribution in [2.45, 2.75) is 25.3 Å². The molecule has 31 heavy (non-hydrogen) atoms. The van der Waals surface area contributed by atoms with E-state index in [1.807, 2.05) is 43.0 Å². The first-order valence-corrected chi connectivity index (χ1v) is 11.6. The second kappa shape index (κ2) is 8.61. The normalized spacial score (nSPS) is 16.9. The topological polar surface area (TPSA) is 82.9 Å². The van der Waals surface area contributed by atoms with Crippen LogP contribution in [0.15, 0.2) is 52.4 Å². The number of allylic oxidation sites excluding steroid dienone is 1. The predicted octanol–water partition coefficient (Wildman–Crippen LogP) is 2.99. The van der Waals surface area contributed by atoms with Gasteiger partial charge in [-0.2, -0.15) is 5.26 Å². The number of piperazine rings is 1. The molecule has 2 heterocycles. The minimum Gasteiger partial charge on any atom is -0.454 e. The van der Waals surface area contributed by atoms with E-state index < -0.39 is 9.84 Å². The van der Waals surface area contributed by atoms with Crippen molar-refractivity contribution in [3.05, 3.63) is 64.2 Å². The van der Waals surface area contributed by atoms with Crippen LogP contribution in [0.3, 0.4) is 0 Å². The highest BCUT2D eigenvalue weighted by molar-refractivity contribution is 7.95. The summed E-state index contributed by atoms with van der Waals surface area (Å²) in [4.78, 5) is 4.14. The molecule has 0 atom stereocenters. The molecule has 1 saturated heterocycles. The lowest BCUT2D eigenvalue weighted by atomic mass is 10.1. The number of sulfone groups is 1. The van der Waals surface area contributed by atoms with Crippen LogP contribution in [0.5, 0.6) is 11.5 Å². The van der Waals surface area contributed by atoms with Gasteiger partial charge in [-0.25, -0.2) is 8.42 Å². The average molecular weight is 440 g/mol. The fourth-order valence-electron chi connectivity index (χ4n) is 3.68. The third kappa shape index (κ3) is 4.53. The van der Waals surface area contributed by atoms with E-state index in [1.165, 1.54) is 6.20 Å². The smallest absolute Gasteiger partial charge is 0.231 e. The number of aryl methyl sites for hydroxylation is 2. The highest BCUT2D eigenvalue weighted by Gasteiger charge is 2.24. The van der Waals surface area contributed by atoms with Crippen molar-refractivity contribution in [1.29, 1.82) is 5.26 Å². The van der Waals surface area contributed by atoms with Gasteiger partial charge in [0.25, 0.3) is 0 Å². The Balaban J connectivity index is 1.41. The third-order valence-corrected chi connectivity index (χ3v) is 7.39. The molecule has 162 valence electrons. The molecule has 8 heteroatoms. The van der Waals surface area contributed by atoms with E-state index in [4.69, 9.17) is 9.47 Å². The van der Waals surface area contributed by atoms with Gasteiger partial charge in [-0.1, -0.05) is 12.1 Å². The molecule has 0 saturated carbocycles. The maximum Gasteiger partial charge on any atom is 0.231 e. The van der Waals surface area contributed by atoms with Gasteiger partial charge in [0.05, 0.1) is 4.90 Å². The molecule has 0 radical (unpaired) electrons. The van der Waals surface area contributed by atoms with Crippen molar-refractivity contribution in [1.82, 2.24) is 9.80 Å². The second-order valence-electron chi connectivity index (χ2n) is 7.85. The summed E-state index contributed by atoms with van der Waals surface area (Å²) in [5.74, 6) is 1.54. The van der Waals surface area contributed by atoms with Crippen molar-refractivity contribution in [2.75, 3.05) is 33.0 Å². The number of fused-ring (bicyclic) bond motifs is 1. The molecule has 0 unspecified atom stereocenters. The van der Waals surface area contributed by atoms with Gasteiger partial charge in [0, 0.05) is 38.9 Å². The lowest BCUT2D eigenvalue weighted by Crippen LogP contribution is -2.43. The molecule has 2 aliphatic heterocycles. The van der Waals surface area contributed by atoms with E-state index in [2.05, 4.69) is 4.90 Å². The molecule has 2 aromatic carbocycles. The molecule has 7 nitrogen and oxygen atoms in total. The molecule has 0 aromatic heterocycles. The Morgan fingerprint density at radius 3 is 2.48 bits per heavy atom. The first-order valence-electron chi connectivity index (χ1n) is 10.2. The zero-order chi connectivity index (χ0) is 22.0. The number of nitriles is 1.